The fraction of sp³-hybridized carbons (Fsp3) is 0.533. The summed E-state index contributed by atoms with van der Waals surface area (Å²) in [4.78, 5) is 6.90. The van der Waals surface area contributed by atoms with Crippen LogP contribution < -0.4 is 4.90 Å². The Kier molecular flexibility index (Phi) is 2.52. The van der Waals surface area contributed by atoms with Crippen LogP contribution >= 0.6 is 0 Å². The Morgan fingerprint density at radius 3 is 3.00 bits per heavy atom. The van der Waals surface area contributed by atoms with Crippen molar-refractivity contribution in [2.24, 2.45) is 5.41 Å². The fourth-order valence-corrected chi connectivity index (χ4v) is 3.34. The molecule has 4 rings (SSSR count). The molecule has 1 aromatic carbocycles. The number of fused-ring (bicyclic) bond motifs is 1. The molecule has 2 aliphatic heterocycles. The number of anilines is 1. The maximum atomic E-state index is 5.88. The van der Waals surface area contributed by atoms with Crippen LogP contribution in [0.4, 0.5) is 6.01 Å². The first-order valence-electron chi connectivity index (χ1n) is 7.03. The highest BCUT2D eigenvalue weighted by atomic mass is 16.5. The van der Waals surface area contributed by atoms with Crippen molar-refractivity contribution in [3.05, 3.63) is 24.3 Å². The van der Waals surface area contributed by atoms with Gasteiger partial charge in [0.2, 0.25) is 0 Å². The second kappa shape index (κ2) is 4.23. The van der Waals surface area contributed by atoms with Gasteiger partial charge in [-0.15, -0.1) is 0 Å². The molecule has 0 bridgehead atoms. The molecule has 1 spiro atoms. The van der Waals surface area contributed by atoms with Gasteiger partial charge in [0.05, 0.1) is 6.61 Å². The van der Waals surface area contributed by atoms with Crippen LogP contribution in [-0.2, 0) is 4.74 Å². The number of hydrogen-bond acceptors (Lipinski definition) is 4. The van der Waals surface area contributed by atoms with Crippen molar-refractivity contribution < 1.29 is 9.15 Å². The highest BCUT2D eigenvalue weighted by Crippen LogP contribution is 2.39. The van der Waals surface area contributed by atoms with E-state index in [-0.39, 0.29) is 0 Å². The van der Waals surface area contributed by atoms with Crippen LogP contribution in [0.2, 0.25) is 0 Å². The van der Waals surface area contributed by atoms with E-state index in [1.54, 1.807) is 0 Å². The summed E-state index contributed by atoms with van der Waals surface area (Å²) >= 11 is 0. The molecular weight excluding hydrogens is 240 g/mol. The highest BCUT2D eigenvalue weighted by Gasteiger charge is 2.40. The fourth-order valence-electron chi connectivity index (χ4n) is 3.34. The number of para-hydroxylation sites is 2. The summed E-state index contributed by atoms with van der Waals surface area (Å²) < 4.78 is 11.5. The van der Waals surface area contributed by atoms with Crippen LogP contribution in [0.3, 0.4) is 0 Å². The van der Waals surface area contributed by atoms with Gasteiger partial charge in [-0.3, -0.25) is 0 Å². The smallest absolute Gasteiger partial charge is 0.298 e. The monoisotopic (exact) mass is 258 g/mol. The lowest BCUT2D eigenvalue weighted by atomic mass is 9.79. The Bertz CT molecular complexity index is 554. The summed E-state index contributed by atoms with van der Waals surface area (Å²) in [5.74, 6) is 0. The van der Waals surface area contributed by atoms with Crippen molar-refractivity contribution in [2.75, 3.05) is 31.2 Å². The van der Waals surface area contributed by atoms with Gasteiger partial charge in [-0.25, -0.2) is 0 Å². The van der Waals surface area contributed by atoms with Gasteiger partial charge >= 0.3 is 0 Å². The molecule has 0 unspecified atom stereocenters. The summed E-state index contributed by atoms with van der Waals surface area (Å²) in [5, 5.41) is 0. The number of ether oxygens (including phenoxy) is 1. The molecule has 2 aromatic rings. The number of hydrogen-bond donors (Lipinski definition) is 0. The lowest BCUT2D eigenvalue weighted by Crippen LogP contribution is -2.43. The van der Waals surface area contributed by atoms with E-state index in [0.717, 1.165) is 43.4 Å². The van der Waals surface area contributed by atoms with Gasteiger partial charge in [0.1, 0.15) is 5.52 Å². The lowest BCUT2D eigenvalue weighted by Gasteiger charge is -2.38. The summed E-state index contributed by atoms with van der Waals surface area (Å²) in [6, 6.07) is 8.73. The van der Waals surface area contributed by atoms with Crippen LogP contribution in [0.25, 0.3) is 11.1 Å². The van der Waals surface area contributed by atoms with Gasteiger partial charge in [0.25, 0.3) is 6.01 Å². The van der Waals surface area contributed by atoms with E-state index in [4.69, 9.17) is 9.15 Å². The van der Waals surface area contributed by atoms with Crippen molar-refractivity contribution in [1.29, 1.82) is 0 Å². The Morgan fingerprint density at radius 2 is 2.16 bits per heavy atom. The number of piperidine rings is 1. The zero-order valence-electron chi connectivity index (χ0n) is 11.0. The molecule has 4 heteroatoms. The van der Waals surface area contributed by atoms with Crippen LogP contribution in [0.15, 0.2) is 28.7 Å². The van der Waals surface area contributed by atoms with E-state index in [1.165, 1.54) is 19.3 Å². The first-order chi connectivity index (χ1) is 9.35. The average molecular weight is 258 g/mol. The van der Waals surface area contributed by atoms with Gasteiger partial charge in [-0.2, -0.15) is 4.98 Å². The van der Waals surface area contributed by atoms with E-state index < -0.39 is 0 Å². The molecule has 19 heavy (non-hydrogen) atoms. The van der Waals surface area contributed by atoms with Crippen molar-refractivity contribution in [3.8, 4) is 0 Å². The first-order valence-corrected chi connectivity index (χ1v) is 7.03. The van der Waals surface area contributed by atoms with Crippen molar-refractivity contribution in [1.82, 2.24) is 4.98 Å². The molecular formula is C15H18N2O2. The molecule has 0 N–H and O–H groups in total. The zero-order chi connectivity index (χ0) is 12.7. The summed E-state index contributed by atoms with van der Waals surface area (Å²) in [5.41, 5.74) is 2.15. The van der Waals surface area contributed by atoms with E-state index in [0.29, 0.717) is 5.41 Å². The molecule has 3 heterocycles. The number of aromatic nitrogens is 1. The second-order valence-electron chi connectivity index (χ2n) is 5.79. The second-order valence-corrected chi connectivity index (χ2v) is 5.79. The van der Waals surface area contributed by atoms with Gasteiger partial charge in [0.15, 0.2) is 5.58 Å². The van der Waals surface area contributed by atoms with Crippen molar-refractivity contribution in [3.63, 3.8) is 0 Å². The minimum Gasteiger partial charge on any atom is -0.423 e. The third-order valence-corrected chi connectivity index (χ3v) is 4.40. The van der Waals surface area contributed by atoms with Crippen molar-refractivity contribution >= 4 is 17.1 Å². The van der Waals surface area contributed by atoms with E-state index >= 15 is 0 Å². The van der Waals surface area contributed by atoms with Crippen LogP contribution in [-0.4, -0.2) is 31.3 Å². The minimum absolute atomic E-state index is 0.332. The molecule has 4 nitrogen and oxygen atoms in total. The van der Waals surface area contributed by atoms with Crippen molar-refractivity contribution in [2.45, 2.75) is 19.3 Å². The number of oxazole rings is 1. The molecule has 2 saturated heterocycles. The molecule has 0 saturated carbocycles. The van der Waals surface area contributed by atoms with Crippen LogP contribution in [0, 0.1) is 5.41 Å². The number of benzene rings is 1. The van der Waals surface area contributed by atoms with E-state index in [1.807, 2.05) is 24.3 Å². The number of nitrogens with zero attached hydrogens (tertiary/aromatic N) is 2. The molecule has 0 aliphatic carbocycles. The highest BCUT2D eigenvalue weighted by molar-refractivity contribution is 5.74. The topological polar surface area (TPSA) is 38.5 Å². The molecule has 2 aliphatic rings. The molecule has 0 amide bonds. The maximum Gasteiger partial charge on any atom is 0.298 e. The molecule has 1 atom stereocenters. The third-order valence-electron chi connectivity index (χ3n) is 4.40. The largest absolute Gasteiger partial charge is 0.423 e. The SMILES string of the molecule is c1ccc2oc(N3CCC[C@]4(CCOC4)C3)nc2c1. The molecule has 100 valence electrons. The quantitative estimate of drug-likeness (QED) is 0.788. The Morgan fingerprint density at radius 1 is 1.21 bits per heavy atom. The first kappa shape index (κ1) is 11.3. The standard InChI is InChI=1S/C15H18N2O2/c1-2-5-13-12(4-1)16-14(19-13)17-8-3-6-15(10-17)7-9-18-11-15/h1-2,4-5H,3,6-11H2/t15-/m0/s1. The Labute approximate surface area is 112 Å². The summed E-state index contributed by atoms with van der Waals surface area (Å²) in [7, 11) is 0. The third kappa shape index (κ3) is 1.91. The average Bonchev–Trinajstić information content (AvgIpc) is 3.05. The van der Waals surface area contributed by atoms with E-state index in [9.17, 15) is 0 Å². The predicted octanol–water partition coefficient (Wildman–Crippen LogP) is 2.83. The lowest BCUT2D eigenvalue weighted by molar-refractivity contribution is 0.138. The molecule has 2 fully saturated rings. The van der Waals surface area contributed by atoms with Gasteiger partial charge in [0, 0.05) is 25.1 Å². The van der Waals surface area contributed by atoms with E-state index in [2.05, 4.69) is 9.88 Å². The van der Waals surface area contributed by atoms with Gasteiger partial charge < -0.3 is 14.1 Å². The Balaban J connectivity index is 1.64. The summed E-state index contributed by atoms with van der Waals surface area (Å²) in [6.07, 6.45) is 3.63. The zero-order valence-corrected chi connectivity index (χ0v) is 11.0. The van der Waals surface area contributed by atoms with Crippen LogP contribution in [0.1, 0.15) is 19.3 Å². The molecule has 0 radical (unpaired) electrons. The van der Waals surface area contributed by atoms with Crippen LogP contribution in [0.5, 0.6) is 0 Å². The Hall–Kier alpha value is -1.55. The summed E-state index contributed by atoms with van der Waals surface area (Å²) in [6.45, 7) is 3.85. The molecule has 1 aromatic heterocycles. The van der Waals surface area contributed by atoms with Gasteiger partial charge in [-0.1, -0.05) is 12.1 Å². The number of rotatable bonds is 1. The predicted molar refractivity (Wildman–Crippen MR) is 73.3 cm³/mol. The minimum atomic E-state index is 0.332. The van der Waals surface area contributed by atoms with Gasteiger partial charge in [-0.05, 0) is 31.4 Å². The normalized spacial score (nSPS) is 27.5. The maximum absolute atomic E-state index is 5.88.